The highest BCUT2D eigenvalue weighted by atomic mass is 16.5. The molecule has 1 aliphatic carbocycles. The number of pyridine rings is 1. The molecule has 2 aliphatic rings. The average Bonchev–Trinajstić information content (AvgIpc) is 3.02. The third-order valence-electron chi connectivity index (χ3n) is 4.30. The molecule has 0 bridgehead atoms. The summed E-state index contributed by atoms with van der Waals surface area (Å²) in [5.41, 5.74) is 0.856. The van der Waals surface area contributed by atoms with E-state index < -0.39 is 0 Å². The van der Waals surface area contributed by atoms with Crippen LogP contribution in [0.3, 0.4) is 0 Å². The first-order valence-corrected chi connectivity index (χ1v) is 7.76. The van der Waals surface area contributed by atoms with Gasteiger partial charge in [0.2, 0.25) is 11.8 Å². The summed E-state index contributed by atoms with van der Waals surface area (Å²) in [4.78, 5) is 16.3. The maximum absolute atomic E-state index is 12.1. The molecule has 0 spiro atoms. The number of hydrogen-bond acceptors (Lipinski definition) is 4. The minimum Gasteiger partial charge on any atom is -0.475 e. The van der Waals surface area contributed by atoms with E-state index in [4.69, 9.17) is 4.74 Å². The molecule has 1 aromatic heterocycles. The van der Waals surface area contributed by atoms with E-state index >= 15 is 0 Å². The summed E-state index contributed by atoms with van der Waals surface area (Å²) < 4.78 is 5.79. The molecule has 114 valence electrons. The van der Waals surface area contributed by atoms with Crippen LogP contribution in [-0.2, 0) is 4.79 Å². The third kappa shape index (κ3) is 3.73. The van der Waals surface area contributed by atoms with Gasteiger partial charge in [0, 0.05) is 24.2 Å². The second kappa shape index (κ2) is 6.02. The number of rotatable bonds is 6. The molecule has 1 aliphatic heterocycles. The van der Waals surface area contributed by atoms with Crippen LogP contribution in [0.25, 0.3) is 0 Å². The van der Waals surface area contributed by atoms with Gasteiger partial charge in [-0.2, -0.15) is 0 Å². The molecule has 3 rings (SSSR count). The zero-order valence-electron chi connectivity index (χ0n) is 12.5. The number of hydrogen-bond donors (Lipinski definition) is 2. The highest BCUT2D eigenvalue weighted by Crippen LogP contribution is 2.36. The Hall–Kier alpha value is -1.62. The first kappa shape index (κ1) is 14.3. The lowest BCUT2D eigenvalue weighted by Gasteiger charge is -2.19. The van der Waals surface area contributed by atoms with Crippen molar-refractivity contribution >= 4 is 5.91 Å². The van der Waals surface area contributed by atoms with Gasteiger partial charge in [-0.1, -0.05) is 6.07 Å². The molecule has 0 aromatic carbocycles. The van der Waals surface area contributed by atoms with Gasteiger partial charge in [0.05, 0.1) is 5.54 Å². The van der Waals surface area contributed by atoms with Crippen molar-refractivity contribution in [2.75, 3.05) is 13.2 Å². The Labute approximate surface area is 125 Å². The van der Waals surface area contributed by atoms with Gasteiger partial charge in [-0.05, 0) is 45.2 Å². The Bertz CT molecular complexity index is 508. The smallest absolute Gasteiger partial charge is 0.222 e. The van der Waals surface area contributed by atoms with Crippen LogP contribution in [0.5, 0.6) is 5.88 Å². The van der Waals surface area contributed by atoms with Gasteiger partial charge in [-0.3, -0.25) is 4.79 Å². The predicted molar refractivity (Wildman–Crippen MR) is 80.2 cm³/mol. The molecule has 1 saturated carbocycles. The summed E-state index contributed by atoms with van der Waals surface area (Å²) in [6.45, 7) is 3.52. The lowest BCUT2D eigenvalue weighted by molar-refractivity contribution is -0.122. The minimum atomic E-state index is -0.167. The van der Waals surface area contributed by atoms with E-state index in [9.17, 15) is 4.79 Å². The van der Waals surface area contributed by atoms with Crippen LogP contribution in [0.1, 0.15) is 37.7 Å². The summed E-state index contributed by atoms with van der Waals surface area (Å²) in [6, 6.07) is 4.22. The highest BCUT2D eigenvalue weighted by Gasteiger charge is 2.45. The van der Waals surface area contributed by atoms with E-state index in [1.165, 1.54) is 6.42 Å². The summed E-state index contributed by atoms with van der Waals surface area (Å²) >= 11 is 0. The summed E-state index contributed by atoms with van der Waals surface area (Å²) in [7, 11) is 0. The number of carbonyl (C=O) groups excluding carboxylic acids is 1. The van der Waals surface area contributed by atoms with Crippen LogP contribution >= 0.6 is 0 Å². The van der Waals surface area contributed by atoms with Gasteiger partial charge in [0.25, 0.3) is 0 Å². The number of ether oxygens (including phenoxy) is 1. The number of aromatic nitrogens is 1. The summed E-state index contributed by atoms with van der Waals surface area (Å²) in [5.74, 6) is 0.795. The van der Waals surface area contributed by atoms with E-state index in [-0.39, 0.29) is 11.4 Å². The largest absolute Gasteiger partial charge is 0.475 e. The fraction of sp³-hybridized carbons (Fsp3) is 0.625. The van der Waals surface area contributed by atoms with E-state index in [0.29, 0.717) is 24.9 Å². The van der Waals surface area contributed by atoms with Crippen molar-refractivity contribution in [3.63, 3.8) is 0 Å². The molecule has 2 fully saturated rings. The Morgan fingerprint density at radius 3 is 3.10 bits per heavy atom. The molecule has 5 heteroatoms. The van der Waals surface area contributed by atoms with Crippen molar-refractivity contribution in [2.45, 2.75) is 50.6 Å². The van der Waals surface area contributed by atoms with Gasteiger partial charge in [-0.25, -0.2) is 4.98 Å². The highest BCUT2D eigenvalue weighted by molar-refractivity contribution is 5.78. The van der Waals surface area contributed by atoms with E-state index in [1.54, 1.807) is 6.20 Å². The third-order valence-corrected chi connectivity index (χ3v) is 4.30. The number of amides is 1. The molecule has 1 aromatic rings. The summed E-state index contributed by atoms with van der Waals surface area (Å²) in [5, 5.41) is 6.51. The number of aryl methyl sites for hydroxylation is 1. The molecule has 21 heavy (non-hydrogen) atoms. The molecule has 2 N–H and O–H groups in total. The minimum absolute atomic E-state index is 0.133. The maximum atomic E-state index is 12.1. The van der Waals surface area contributed by atoms with Crippen LogP contribution in [0.4, 0.5) is 0 Å². The Morgan fingerprint density at radius 1 is 1.57 bits per heavy atom. The quantitative estimate of drug-likeness (QED) is 0.834. The first-order chi connectivity index (χ1) is 10.2. The molecule has 1 amide bonds. The second-order valence-electron chi connectivity index (χ2n) is 6.24. The fourth-order valence-electron chi connectivity index (χ4n) is 2.79. The second-order valence-corrected chi connectivity index (χ2v) is 6.24. The van der Waals surface area contributed by atoms with Gasteiger partial charge in [0.1, 0.15) is 6.61 Å². The first-order valence-electron chi connectivity index (χ1n) is 7.76. The van der Waals surface area contributed by atoms with Crippen molar-refractivity contribution in [3.8, 4) is 5.88 Å². The van der Waals surface area contributed by atoms with Crippen LogP contribution in [0.2, 0.25) is 0 Å². The molecule has 0 unspecified atom stereocenters. The fourth-order valence-corrected chi connectivity index (χ4v) is 2.79. The Balaban J connectivity index is 1.48. The maximum Gasteiger partial charge on any atom is 0.222 e. The van der Waals surface area contributed by atoms with Crippen molar-refractivity contribution in [1.82, 2.24) is 15.6 Å². The van der Waals surface area contributed by atoms with E-state index in [0.717, 1.165) is 31.4 Å². The van der Waals surface area contributed by atoms with Gasteiger partial charge in [-0.15, -0.1) is 0 Å². The van der Waals surface area contributed by atoms with Crippen LogP contribution in [0, 0.1) is 6.92 Å². The topological polar surface area (TPSA) is 63.2 Å². The molecular formula is C16H23N3O2. The molecule has 1 atom stereocenters. The van der Waals surface area contributed by atoms with Crippen molar-refractivity contribution in [1.29, 1.82) is 0 Å². The Kier molecular flexibility index (Phi) is 4.10. The zero-order valence-corrected chi connectivity index (χ0v) is 12.5. The van der Waals surface area contributed by atoms with Crippen molar-refractivity contribution in [3.05, 3.63) is 23.9 Å². The van der Waals surface area contributed by atoms with E-state index in [2.05, 4.69) is 15.6 Å². The van der Waals surface area contributed by atoms with E-state index in [1.807, 2.05) is 19.1 Å². The predicted octanol–water partition coefficient (Wildman–Crippen LogP) is 1.56. The number of nitrogens with one attached hydrogen (secondary N) is 2. The van der Waals surface area contributed by atoms with Crippen molar-refractivity contribution in [2.24, 2.45) is 0 Å². The van der Waals surface area contributed by atoms with Crippen LogP contribution in [-0.4, -0.2) is 35.6 Å². The standard InChI is InChI=1S/C16H23N3O2/c1-12-4-2-9-18-15(12)21-11-16(6-7-16)19-14(20)10-13-5-3-8-17-13/h2,4,9,13,17H,3,5-8,10-11H2,1H3,(H,19,20)/t13-/m0/s1. The van der Waals surface area contributed by atoms with Gasteiger partial charge in [0.15, 0.2) is 0 Å². The SMILES string of the molecule is Cc1cccnc1OCC1(NC(=O)C[C@@H]2CCCN2)CC1. The normalized spacial score (nSPS) is 22.8. The molecule has 1 saturated heterocycles. The van der Waals surface area contributed by atoms with Crippen LogP contribution in [0.15, 0.2) is 18.3 Å². The van der Waals surface area contributed by atoms with Crippen molar-refractivity contribution < 1.29 is 9.53 Å². The molecule has 5 nitrogen and oxygen atoms in total. The number of carbonyl (C=O) groups is 1. The molecular weight excluding hydrogens is 266 g/mol. The zero-order chi connectivity index (χ0) is 14.7. The lowest BCUT2D eigenvalue weighted by Crippen LogP contribution is -2.43. The Morgan fingerprint density at radius 2 is 2.43 bits per heavy atom. The number of nitrogens with zero attached hydrogens (tertiary/aromatic N) is 1. The summed E-state index contributed by atoms with van der Waals surface area (Å²) in [6.07, 6.45) is 6.55. The van der Waals surface area contributed by atoms with Gasteiger partial charge >= 0.3 is 0 Å². The monoisotopic (exact) mass is 289 g/mol. The molecule has 2 heterocycles. The average molecular weight is 289 g/mol. The molecule has 0 radical (unpaired) electrons. The van der Waals surface area contributed by atoms with Crippen LogP contribution < -0.4 is 15.4 Å². The van der Waals surface area contributed by atoms with Gasteiger partial charge < -0.3 is 15.4 Å². The lowest BCUT2D eigenvalue weighted by atomic mass is 10.1.